The molecule has 3 heteroatoms. The van der Waals surface area contributed by atoms with Crippen molar-refractivity contribution in [2.75, 3.05) is 7.11 Å². The molecule has 3 nitrogen and oxygen atoms in total. The van der Waals surface area contributed by atoms with E-state index in [1.165, 1.54) is 0 Å². The summed E-state index contributed by atoms with van der Waals surface area (Å²) in [5.74, 6) is 1.53. The van der Waals surface area contributed by atoms with E-state index in [4.69, 9.17) is 9.26 Å². The predicted molar refractivity (Wildman–Crippen MR) is 53.2 cm³/mol. The number of para-hydroxylation sites is 1. The van der Waals surface area contributed by atoms with Crippen molar-refractivity contribution >= 4 is 0 Å². The molecule has 0 spiro atoms. The van der Waals surface area contributed by atoms with Crippen molar-refractivity contribution in [2.24, 2.45) is 0 Å². The quantitative estimate of drug-likeness (QED) is 0.728. The number of aryl methyl sites for hydroxylation is 1. The first-order chi connectivity index (χ1) is 6.81. The third-order valence-electron chi connectivity index (χ3n) is 2.00. The molecule has 0 amide bonds. The van der Waals surface area contributed by atoms with E-state index in [0.29, 0.717) is 0 Å². The Morgan fingerprint density at radius 3 is 2.71 bits per heavy atom. The van der Waals surface area contributed by atoms with Gasteiger partial charge in [-0.05, 0) is 19.1 Å². The number of benzene rings is 1. The molecule has 0 aliphatic carbocycles. The van der Waals surface area contributed by atoms with Gasteiger partial charge in [-0.15, -0.1) is 0 Å². The van der Waals surface area contributed by atoms with E-state index in [1.807, 2.05) is 37.3 Å². The number of aromatic nitrogens is 1. The fourth-order valence-electron chi connectivity index (χ4n) is 1.34. The van der Waals surface area contributed by atoms with E-state index in [1.54, 1.807) is 7.11 Å². The molecule has 2 aromatic rings. The molecule has 0 aliphatic heterocycles. The van der Waals surface area contributed by atoms with Crippen LogP contribution < -0.4 is 4.74 Å². The maximum Gasteiger partial charge on any atom is 0.170 e. The molecule has 0 aliphatic rings. The standard InChI is InChI=1S/C11H11NO2/c1-8-7-11(14-12-8)9-5-3-4-6-10(9)13-2/h3-7H,1-2H3. The molecule has 0 unspecified atom stereocenters. The van der Waals surface area contributed by atoms with Crippen LogP contribution in [0.3, 0.4) is 0 Å². The zero-order chi connectivity index (χ0) is 9.97. The lowest BCUT2D eigenvalue weighted by atomic mass is 10.1. The van der Waals surface area contributed by atoms with Crippen molar-refractivity contribution < 1.29 is 9.26 Å². The number of hydrogen-bond acceptors (Lipinski definition) is 3. The van der Waals surface area contributed by atoms with E-state index in [2.05, 4.69) is 5.16 Å². The second-order valence-corrected chi connectivity index (χ2v) is 3.03. The molecule has 0 saturated carbocycles. The second kappa shape index (κ2) is 3.54. The van der Waals surface area contributed by atoms with Crippen LogP contribution in [0.15, 0.2) is 34.9 Å². The Bertz CT molecular complexity index is 434. The smallest absolute Gasteiger partial charge is 0.170 e. The normalized spacial score (nSPS) is 10.1. The van der Waals surface area contributed by atoms with Gasteiger partial charge in [0, 0.05) is 6.07 Å². The molecular formula is C11H11NO2. The maximum absolute atomic E-state index is 5.22. The molecule has 0 bridgehead atoms. The molecule has 2 rings (SSSR count). The molecule has 0 atom stereocenters. The van der Waals surface area contributed by atoms with Crippen LogP contribution in [0.1, 0.15) is 5.69 Å². The Labute approximate surface area is 82.3 Å². The van der Waals surface area contributed by atoms with Gasteiger partial charge in [-0.1, -0.05) is 17.3 Å². The number of nitrogens with zero attached hydrogens (tertiary/aromatic N) is 1. The number of hydrogen-bond donors (Lipinski definition) is 0. The monoisotopic (exact) mass is 189 g/mol. The number of rotatable bonds is 2. The molecule has 72 valence electrons. The molecule has 0 radical (unpaired) electrons. The number of methoxy groups -OCH3 is 1. The van der Waals surface area contributed by atoms with Gasteiger partial charge in [0.15, 0.2) is 5.76 Å². The molecule has 14 heavy (non-hydrogen) atoms. The zero-order valence-corrected chi connectivity index (χ0v) is 8.15. The lowest BCUT2D eigenvalue weighted by Crippen LogP contribution is -1.85. The van der Waals surface area contributed by atoms with Crippen molar-refractivity contribution in [3.63, 3.8) is 0 Å². The highest BCUT2D eigenvalue weighted by atomic mass is 16.5. The van der Waals surface area contributed by atoms with E-state index in [-0.39, 0.29) is 0 Å². The van der Waals surface area contributed by atoms with Crippen LogP contribution in [0.25, 0.3) is 11.3 Å². The summed E-state index contributed by atoms with van der Waals surface area (Å²) in [4.78, 5) is 0. The highest BCUT2D eigenvalue weighted by Gasteiger charge is 2.08. The van der Waals surface area contributed by atoms with Crippen LogP contribution in [-0.2, 0) is 0 Å². The van der Waals surface area contributed by atoms with Crippen molar-refractivity contribution in [3.8, 4) is 17.1 Å². The van der Waals surface area contributed by atoms with Gasteiger partial charge in [-0.3, -0.25) is 0 Å². The second-order valence-electron chi connectivity index (χ2n) is 3.03. The lowest BCUT2D eigenvalue weighted by Gasteiger charge is -2.03. The zero-order valence-electron chi connectivity index (χ0n) is 8.15. The summed E-state index contributed by atoms with van der Waals surface area (Å²) in [5.41, 5.74) is 1.79. The molecule has 0 saturated heterocycles. The van der Waals surface area contributed by atoms with Crippen LogP contribution in [0.5, 0.6) is 5.75 Å². The average Bonchev–Trinajstić information content (AvgIpc) is 2.65. The third-order valence-corrected chi connectivity index (χ3v) is 2.00. The fourth-order valence-corrected chi connectivity index (χ4v) is 1.34. The van der Waals surface area contributed by atoms with Crippen LogP contribution in [0.2, 0.25) is 0 Å². The van der Waals surface area contributed by atoms with Crippen molar-refractivity contribution in [2.45, 2.75) is 6.92 Å². The molecule has 1 heterocycles. The Hall–Kier alpha value is -1.77. The molecule has 0 fully saturated rings. The SMILES string of the molecule is COc1ccccc1-c1cc(C)no1. The minimum Gasteiger partial charge on any atom is -0.496 e. The summed E-state index contributed by atoms with van der Waals surface area (Å²) < 4.78 is 10.4. The largest absolute Gasteiger partial charge is 0.496 e. The highest BCUT2D eigenvalue weighted by molar-refractivity contribution is 5.65. The summed E-state index contributed by atoms with van der Waals surface area (Å²) in [6.45, 7) is 1.89. The Kier molecular flexibility index (Phi) is 2.23. The first-order valence-corrected chi connectivity index (χ1v) is 4.38. The topological polar surface area (TPSA) is 35.3 Å². The van der Waals surface area contributed by atoms with Gasteiger partial charge in [0.1, 0.15) is 5.75 Å². The van der Waals surface area contributed by atoms with Gasteiger partial charge >= 0.3 is 0 Å². The number of ether oxygens (including phenoxy) is 1. The molecule has 1 aromatic heterocycles. The lowest BCUT2D eigenvalue weighted by molar-refractivity contribution is 0.404. The van der Waals surface area contributed by atoms with Gasteiger partial charge < -0.3 is 9.26 Å². The van der Waals surface area contributed by atoms with Crippen LogP contribution in [0.4, 0.5) is 0 Å². The van der Waals surface area contributed by atoms with E-state index in [9.17, 15) is 0 Å². The van der Waals surface area contributed by atoms with Crippen molar-refractivity contribution in [3.05, 3.63) is 36.0 Å². The van der Waals surface area contributed by atoms with Crippen LogP contribution in [0, 0.1) is 6.92 Å². The first kappa shape index (κ1) is 8.81. The minimum absolute atomic E-state index is 0.736. The summed E-state index contributed by atoms with van der Waals surface area (Å²) in [7, 11) is 1.64. The predicted octanol–water partition coefficient (Wildman–Crippen LogP) is 2.66. The Morgan fingerprint density at radius 1 is 1.29 bits per heavy atom. The van der Waals surface area contributed by atoms with Gasteiger partial charge in [0.2, 0.25) is 0 Å². The van der Waals surface area contributed by atoms with Crippen molar-refractivity contribution in [1.82, 2.24) is 5.16 Å². The van der Waals surface area contributed by atoms with Crippen molar-refractivity contribution in [1.29, 1.82) is 0 Å². The molecule has 0 N–H and O–H groups in total. The molecule has 1 aromatic carbocycles. The van der Waals surface area contributed by atoms with E-state index >= 15 is 0 Å². The van der Waals surface area contributed by atoms with Gasteiger partial charge in [-0.2, -0.15) is 0 Å². The average molecular weight is 189 g/mol. The van der Waals surface area contributed by atoms with E-state index in [0.717, 1.165) is 22.8 Å². The summed E-state index contributed by atoms with van der Waals surface area (Å²) >= 11 is 0. The van der Waals surface area contributed by atoms with Crippen LogP contribution >= 0.6 is 0 Å². The van der Waals surface area contributed by atoms with Crippen LogP contribution in [-0.4, -0.2) is 12.3 Å². The first-order valence-electron chi connectivity index (χ1n) is 4.38. The van der Waals surface area contributed by atoms with Gasteiger partial charge in [-0.25, -0.2) is 0 Å². The Morgan fingerprint density at radius 2 is 2.07 bits per heavy atom. The molecular weight excluding hydrogens is 178 g/mol. The van der Waals surface area contributed by atoms with Gasteiger partial charge in [0.05, 0.1) is 18.4 Å². The third kappa shape index (κ3) is 1.48. The summed E-state index contributed by atoms with van der Waals surface area (Å²) in [6.07, 6.45) is 0. The Balaban J connectivity index is 2.50. The minimum atomic E-state index is 0.736. The maximum atomic E-state index is 5.22. The summed E-state index contributed by atoms with van der Waals surface area (Å²) in [5, 5.41) is 3.84. The van der Waals surface area contributed by atoms with E-state index < -0.39 is 0 Å². The highest BCUT2D eigenvalue weighted by Crippen LogP contribution is 2.29. The van der Waals surface area contributed by atoms with Gasteiger partial charge in [0.25, 0.3) is 0 Å². The summed E-state index contributed by atoms with van der Waals surface area (Å²) in [6, 6.07) is 9.59. The fraction of sp³-hybridized carbons (Fsp3) is 0.182.